The van der Waals surface area contributed by atoms with Crippen LogP contribution in [-0.4, -0.2) is 11.1 Å². The van der Waals surface area contributed by atoms with Crippen molar-refractivity contribution in [1.82, 2.24) is 0 Å². The molecule has 2 bridgehead atoms. The smallest absolute Gasteiger partial charge is 0.0888 e. The summed E-state index contributed by atoms with van der Waals surface area (Å²) in [6.07, 6.45) is 1.92. The summed E-state index contributed by atoms with van der Waals surface area (Å²) in [5.41, 5.74) is -0.327. The molecule has 0 saturated heterocycles. The van der Waals surface area contributed by atoms with E-state index in [1.54, 1.807) is 0 Å². The van der Waals surface area contributed by atoms with Gasteiger partial charge in [-0.15, -0.1) is 0 Å². The molecular formula is C10H18N2. The van der Waals surface area contributed by atoms with Crippen molar-refractivity contribution in [3.05, 3.63) is 0 Å². The minimum atomic E-state index is -0.207. The van der Waals surface area contributed by atoms with Crippen molar-refractivity contribution in [2.75, 3.05) is 0 Å². The molecule has 0 radical (unpaired) electrons. The summed E-state index contributed by atoms with van der Waals surface area (Å²) in [5.74, 6) is 0. The fourth-order valence-corrected chi connectivity index (χ4v) is 2.21. The maximum Gasteiger partial charge on any atom is 0.0888 e. The molecule has 2 nitrogen and oxygen atoms in total. The van der Waals surface area contributed by atoms with Crippen molar-refractivity contribution in [3.63, 3.8) is 0 Å². The fraction of sp³-hybridized carbons (Fsp3) is 1.00. The quantitative estimate of drug-likeness (QED) is 0.529. The van der Waals surface area contributed by atoms with Crippen LogP contribution in [0.1, 0.15) is 48.3 Å². The Kier molecular flexibility index (Phi) is 1.12. The summed E-state index contributed by atoms with van der Waals surface area (Å²) in [6.45, 7) is 8.58. The average molecular weight is 167 g/mol. The van der Waals surface area contributed by atoms with Gasteiger partial charge >= 0.3 is 0 Å². The van der Waals surface area contributed by atoms with Crippen molar-refractivity contribution in [2.24, 2.45) is 15.6 Å². The van der Waals surface area contributed by atoms with Crippen molar-refractivity contribution in [3.8, 4) is 0 Å². The van der Waals surface area contributed by atoms with Crippen molar-refractivity contribution in [1.29, 1.82) is 0 Å². The van der Waals surface area contributed by atoms with E-state index in [1.807, 2.05) is 0 Å². The summed E-state index contributed by atoms with van der Waals surface area (Å²) in [7, 11) is 0. The molecule has 0 unspecified atom stereocenters. The van der Waals surface area contributed by atoms with Gasteiger partial charge in [0.15, 0.2) is 0 Å². The highest BCUT2D eigenvalue weighted by Gasteiger charge is 2.56. The van der Waals surface area contributed by atoms with E-state index < -0.39 is 0 Å². The normalized spacial score (nSPS) is 53.0. The molecular weight excluding hydrogens is 148 g/mol. The average Bonchev–Trinajstić information content (AvgIpc) is 2.39. The van der Waals surface area contributed by atoms with Gasteiger partial charge in [-0.05, 0) is 25.2 Å². The van der Waals surface area contributed by atoms with E-state index in [1.165, 1.54) is 0 Å². The SMILES string of the molecule is [2H][C@@H]1[C@]2(C)CC[C@@]1(C(C)(C)C)N=N2. The van der Waals surface area contributed by atoms with Gasteiger partial charge in [-0.25, -0.2) is 0 Å². The molecule has 3 atom stereocenters. The van der Waals surface area contributed by atoms with Crippen LogP contribution in [0.4, 0.5) is 0 Å². The first-order valence-electron chi connectivity index (χ1n) is 5.26. The summed E-state index contributed by atoms with van der Waals surface area (Å²) >= 11 is 0. The number of hydrogen-bond acceptors (Lipinski definition) is 2. The minimum Gasteiger partial charge on any atom is -0.187 e. The van der Waals surface area contributed by atoms with Crippen LogP contribution in [0.2, 0.25) is 0 Å². The highest BCUT2D eigenvalue weighted by molar-refractivity contribution is 5.14. The van der Waals surface area contributed by atoms with Crippen LogP contribution in [0.25, 0.3) is 0 Å². The largest absolute Gasteiger partial charge is 0.187 e. The summed E-state index contributed by atoms with van der Waals surface area (Å²) in [5, 5.41) is 8.69. The van der Waals surface area contributed by atoms with Gasteiger partial charge in [-0.2, -0.15) is 10.2 Å². The molecule has 0 N–H and O–H groups in total. The standard InChI is InChI=1S/C10H18N2/c1-8(2,3)10-6-5-9(4,7-10)11-12-10/h5-7H2,1-4H3/t9-,10+/m0/s1/i7D/t7-,9+,10-/m1. The molecule has 68 valence electrons. The molecule has 2 heteroatoms. The van der Waals surface area contributed by atoms with Crippen LogP contribution in [0.5, 0.6) is 0 Å². The monoisotopic (exact) mass is 167 g/mol. The zero-order valence-corrected chi connectivity index (χ0v) is 8.39. The molecule has 1 aliphatic carbocycles. The maximum atomic E-state index is 8.22. The number of rotatable bonds is 0. The molecule has 2 aliphatic rings. The first kappa shape index (κ1) is 7.05. The van der Waals surface area contributed by atoms with Gasteiger partial charge in [-0.1, -0.05) is 20.8 Å². The Morgan fingerprint density at radius 1 is 1.25 bits per heavy atom. The van der Waals surface area contributed by atoms with E-state index in [9.17, 15) is 0 Å². The predicted molar refractivity (Wildman–Crippen MR) is 49.3 cm³/mol. The van der Waals surface area contributed by atoms with Crippen LogP contribution < -0.4 is 0 Å². The van der Waals surface area contributed by atoms with Crippen molar-refractivity contribution < 1.29 is 1.37 Å². The number of fused-ring (bicyclic) bond motifs is 2. The van der Waals surface area contributed by atoms with Gasteiger partial charge in [0, 0.05) is 7.77 Å². The third-order valence-electron chi connectivity index (χ3n) is 3.32. The van der Waals surface area contributed by atoms with Crippen LogP contribution in [0, 0.1) is 5.41 Å². The Labute approximate surface area is 75.9 Å². The third kappa shape index (κ3) is 0.868. The Bertz CT molecular complexity index is 269. The highest BCUT2D eigenvalue weighted by atomic mass is 15.3. The van der Waals surface area contributed by atoms with E-state index in [0.717, 1.165) is 12.8 Å². The lowest BCUT2D eigenvalue weighted by atomic mass is 9.73. The topological polar surface area (TPSA) is 24.7 Å². The van der Waals surface area contributed by atoms with Gasteiger partial charge in [0.1, 0.15) is 0 Å². The molecule has 2 rings (SSSR count). The van der Waals surface area contributed by atoms with Crippen LogP contribution in [0.15, 0.2) is 10.2 Å². The zero-order chi connectivity index (χ0) is 9.91. The lowest BCUT2D eigenvalue weighted by molar-refractivity contribution is 0.197. The molecule has 0 aromatic heterocycles. The third-order valence-corrected chi connectivity index (χ3v) is 3.32. The van der Waals surface area contributed by atoms with Gasteiger partial charge in [0.2, 0.25) is 0 Å². The Balaban J connectivity index is 2.44. The Hall–Kier alpha value is -0.400. The second kappa shape index (κ2) is 1.91. The molecule has 1 saturated carbocycles. The molecule has 0 aromatic carbocycles. The van der Waals surface area contributed by atoms with E-state index in [-0.39, 0.29) is 22.9 Å². The molecule has 0 amide bonds. The van der Waals surface area contributed by atoms with Gasteiger partial charge in [0.25, 0.3) is 0 Å². The minimum absolute atomic E-state index is 0.0666. The van der Waals surface area contributed by atoms with E-state index >= 15 is 0 Å². The maximum absolute atomic E-state index is 8.22. The van der Waals surface area contributed by atoms with E-state index in [2.05, 4.69) is 37.9 Å². The fourth-order valence-electron chi connectivity index (χ4n) is 2.21. The van der Waals surface area contributed by atoms with E-state index in [4.69, 9.17) is 1.37 Å². The second-order valence-corrected chi connectivity index (χ2v) is 5.38. The zero-order valence-electron chi connectivity index (χ0n) is 9.39. The van der Waals surface area contributed by atoms with Gasteiger partial charge in [0.05, 0.1) is 11.1 Å². The van der Waals surface area contributed by atoms with Crippen molar-refractivity contribution in [2.45, 2.75) is 58.0 Å². The van der Waals surface area contributed by atoms with E-state index in [0.29, 0.717) is 0 Å². The van der Waals surface area contributed by atoms with Gasteiger partial charge in [-0.3, -0.25) is 0 Å². The lowest BCUT2D eigenvalue weighted by Gasteiger charge is -2.35. The van der Waals surface area contributed by atoms with Crippen LogP contribution in [-0.2, 0) is 0 Å². The second-order valence-electron chi connectivity index (χ2n) is 5.38. The van der Waals surface area contributed by atoms with Crippen LogP contribution in [0.3, 0.4) is 0 Å². The summed E-state index contributed by atoms with van der Waals surface area (Å²) in [6, 6.07) is 0. The van der Waals surface area contributed by atoms with Gasteiger partial charge < -0.3 is 0 Å². The first-order chi connectivity index (χ1) is 5.82. The molecule has 0 spiro atoms. The molecule has 1 fully saturated rings. The predicted octanol–water partition coefficient (Wildman–Crippen LogP) is 3.18. The molecule has 12 heavy (non-hydrogen) atoms. The molecule has 1 aliphatic heterocycles. The Morgan fingerprint density at radius 2 is 1.92 bits per heavy atom. The van der Waals surface area contributed by atoms with Crippen LogP contribution >= 0.6 is 0 Å². The first-order valence-corrected chi connectivity index (χ1v) is 4.68. The number of hydrogen-bond donors (Lipinski definition) is 0. The molecule has 0 aromatic rings. The lowest BCUT2D eigenvalue weighted by Crippen LogP contribution is -2.37. The summed E-state index contributed by atoms with van der Waals surface area (Å²) < 4.78 is 8.22. The number of azo groups is 1. The number of nitrogens with zero attached hydrogens (tertiary/aromatic N) is 2. The summed E-state index contributed by atoms with van der Waals surface area (Å²) in [4.78, 5) is 0. The van der Waals surface area contributed by atoms with Crippen molar-refractivity contribution >= 4 is 0 Å². The Morgan fingerprint density at radius 3 is 2.08 bits per heavy atom. The highest BCUT2D eigenvalue weighted by Crippen LogP contribution is 2.56. The molecule has 1 heterocycles.